The molecule has 5 heteroatoms. The molecule has 2 aliphatic rings. The molecule has 0 radical (unpaired) electrons. The van der Waals surface area contributed by atoms with Crippen LogP contribution in [0.1, 0.15) is 67.4 Å². The van der Waals surface area contributed by atoms with Crippen molar-refractivity contribution in [3.63, 3.8) is 0 Å². The summed E-state index contributed by atoms with van der Waals surface area (Å²) in [6.07, 6.45) is 8.42. The van der Waals surface area contributed by atoms with Crippen molar-refractivity contribution < 1.29 is 4.79 Å². The molecule has 4 rings (SSSR count). The first kappa shape index (κ1) is 15.8. The van der Waals surface area contributed by atoms with E-state index in [1.54, 1.807) is 6.20 Å². The number of amides is 1. The quantitative estimate of drug-likeness (QED) is 0.894. The van der Waals surface area contributed by atoms with E-state index in [4.69, 9.17) is 11.6 Å². The van der Waals surface area contributed by atoms with E-state index >= 15 is 0 Å². The minimum absolute atomic E-state index is 0.0497. The van der Waals surface area contributed by atoms with Gasteiger partial charge in [-0.3, -0.25) is 4.79 Å². The van der Waals surface area contributed by atoms with Crippen molar-refractivity contribution in [1.82, 2.24) is 15.3 Å². The first-order chi connectivity index (χ1) is 11.6. The third-order valence-electron chi connectivity index (χ3n) is 5.23. The molecule has 0 aliphatic heterocycles. The molecule has 0 aromatic carbocycles. The Hall–Kier alpha value is -1.68. The molecule has 0 spiro atoms. The molecule has 0 unspecified atom stereocenters. The summed E-state index contributed by atoms with van der Waals surface area (Å²) < 4.78 is 0. The van der Waals surface area contributed by atoms with Gasteiger partial charge in [-0.25, -0.2) is 9.97 Å². The Morgan fingerprint density at radius 3 is 2.62 bits per heavy atom. The highest BCUT2D eigenvalue weighted by molar-refractivity contribution is 6.32. The van der Waals surface area contributed by atoms with Crippen LogP contribution in [0.5, 0.6) is 0 Å². The van der Waals surface area contributed by atoms with Gasteiger partial charge in [0.05, 0.1) is 16.3 Å². The van der Waals surface area contributed by atoms with Crippen molar-refractivity contribution in [2.24, 2.45) is 5.92 Å². The fourth-order valence-corrected chi connectivity index (χ4v) is 3.81. The minimum atomic E-state index is -0.0497. The van der Waals surface area contributed by atoms with E-state index in [1.807, 2.05) is 12.1 Å². The average Bonchev–Trinajstić information content (AvgIpc) is 3.40. The highest BCUT2D eigenvalue weighted by Crippen LogP contribution is 2.42. The standard InChI is InChI=1S/C19H22ClN3O/c1-11-2-6-15(7-3-11)22-19(24)14-8-13-9-16(20)17(12-4-5-12)23-18(13)21-10-14/h8-12,15H,2-7H2,1H3,(H,22,24). The summed E-state index contributed by atoms with van der Waals surface area (Å²) >= 11 is 6.35. The molecule has 1 N–H and O–H groups in total. The second kappa shape index (κ2) is 6.32. The lowest BCUT2D eigenvalue weighted by molar-refractivity contribution is 0.0923. The van der Waals surface area contributed by atoms with Crippen LogP contribution in [-0.2, 0) is 0 Å². The number of aromatic nitrogens is 2. The van der Waals surface area contributed by atoms with Crippen LogP contribution >= 0.6 is 11.6 Å². The van der Waals surface area contributed by atoms with Gasteiger partial charge in [0.15, 0.2) is 5.65 Å². The molecule has 2 saturated carbocycles. The average molecular weight is 344 g/mol. The summed E-state index contributed by atoms with van der Waals surface area (Å²) in [5.74, 6) is 1.21. The molecule has 2 aliphatic carbocycles. The Morgan fingerprint density at radius 1 is 1.17 bits per heavy atom. The van der Waals surface area contributed by atoms with Crippen molar-refractivity contribution in [1.29, 1.82) is 0 Å². The molecule has 1 amide bonds. The second-order valence-electron chi connectivity index (χ2n) is 7.33. The summed E-state index contributed by atoms with van der Waals surface area (Å²) in [5, 5.41) is 4.66. The van der Waals surface area contributed by atoms with E-state index in [0.717, 1.165) is 42.7 Å². The molecule has 2 fully saturated rings. The van der Waals surface area contributed by atoms with Gasteiger partial charge in [0.25, 0.3) is 5.91 Å². The molecule has 24 heavy (non-hydrogen) atoms. The zero-order chi connectivity index (χ0) is 16.7. The molecule has 126 valence electrons. The van der Waals surface area contributed by atoms with E-state index in [9.17, 15) is 4.79 Å². The van der Waals surface area contributed by atoms with Crippen LogP contribution in [0.2, 0.25) is 5.02 Å². The number of carbonyl (C=O) groups is 1. The molecule has 2 aromatic rings. The normalized spacial score (nSPS) is 24.1. The van der Waals surface area contributed by atoms with Gasteiger partial charge in [0.2, 0.25) is 0 Å². The SMILES string of the molecule is CC1CCC(NC(=O)c2cnc3nc(C4CC4)c(Cl)cc3c2)CC1. The summed E-state index contributed by atoms with van der Waals surface area (Å²) in [4.78, 5) is 21.5. The lowest BCUT2D eigenvalue weighted by atomic mass is 9.87. The van der Waals surface area contributed by atoms with E-state index in [1.165, 1.54) is 12.8 Å². The third kappa shape index (κ3) is 3.25. The monoisotopic (exact) mass is 343 g/mol. The molecule has 2 aromatic heterocycles. The topological polar surface area (TPSA) is 54.9 Å². The lowest BCUT2D eigenvalue weighted by Gasteiger charge is -2.26. The highest BCUT2D eigenvalue weighted by atomic mass is 35.5. The predicted octanol–water partition coefficient (Wildman–Crippen LogP) is 4.47. The summed E-state index contributed by atoms with van der Waals surface area (Å²) in [6, 6.07) is 4.02. The summed E-state index contributed by atoms with van der Waals surface area (Å²) in [7, 11) is 0. The van der Waals surface area contributed by atoms with E-state index < -0.39 is 0 Å². The molecule has 0 bridgehead atoms. The van der Waals surface area contributed by atoms with Crippen LogP contribution in [0.4, 0.5) is 0 Å². The van der Waals surface area contributed by atoms with Crippen LogP contribution in [-0.4, -0.2) is 21.9 Å². The predicted molar refractivity (Wildman–Crippen MR) is 95.4 cm³/mol. The maximum atomic E-state index is 12.5. The molecular formula is C19H22ClN3O. The zero-order valence-corrected chi connectivity index (χ0v) is 14.6. The number of nitrogens with zero attached hydrogens (tertiary/aromatic N) is 2. The van der Waals surface area contributed by atoms with Gasteiger partial charge in [0.1, 0.15) is 0 Å². The van der Waals surface area contributed by atoms with Crippen LogP contribution in [0.25, 0.3) is 11.0 Å². The summed E-state index contributed by atoms with van der Waals surface area (Å²) in [5.41, 5.74) is 2.20. The van der Waals surface area contributed by atoms with Gasteiger partial charge in [-0.15, -0.1) is 0 Å². The van der Waals surface area contributed by atoms with Gasteiger partial charge in [0, 0.05) is 23.5 Å². The van der Waals surface area contributed by atoms with E-state index in [2.05, 4.69) is 22.2 Å². The van der Waals surface area contributed by atoms with E-state index in [0.29, 0.717) is 22.2 Å². The van der Waals surface area contributed by atoms with Gasteiger partial charge < -0.3 is 5.32 Å². The van der Waals surface area contributed by atoms with Crippen molar-refractivity contribution in [3.05, 3.63) is 34.6 Å². The fraction of sp³-hybridized carbons (Fsp3) is 0.526. The fourth-order valence-electron chi connectivity index (χ4n) is 3.49. The number of hydrogen-bond donors (Lipinski definition) is 1. The summed E-state index contributed by atoms with van der Waals surface area (Å²) in [6.45, 7) is 2.28. The molecule has 4 nitrogen and oxygen atoms in total. The Labute approximate surface area is 147 Å². The number of halogens is 1. The third-order valence-corrected chi connectivity index (χ3v) is 5.53. The minimum Gasteiger partial charge on any atom is -0.349 e. The maximum absolute atomic E-state index is 12.5. The van der Waals surface area contributed by atoms with E-state index in [-0.39, 0.29) is 11.9 Å². The highest BCUT2D eigenvalue weighted by Gasteiger charge is 2.28. The molecule has 0 saturated heterocycles. The second-order valence-corrected chi connectivity index (χ2v) is 7.74. The largest absolute Gasteiger partial charge is 0.349 e. The van der Waals surface area contributed by atoms with Gasteiger partial charge in [-0.05, 0) is 56.6 Å². The number of carbonyl (C=O) groups excluding carboxylic acids is 1. The smallest absolute Gasteiger partial charge is 0.253 e. The van der Waals surface area contributed by atoms with Crippen molar-refractivity contribution in [2.75, 3.05) is 0 Å². The molecule has 0 atom stereocenters. The van der Waals surface area contributed by atoms with Crippen molar-refractivity contribution >= 4 is 28.5 Å². The number of rotatable bonds is 3. The number of hydrogen-bond acceptors (Lipinski definition) is 3. The first-order valence-corrected chi connectivity index (χ1v) is 9.25. The zero-order valence-electron chi connectivity index (χ0n) is 13.9. The van der Waals surface area contributed by atoms with Gasteiger partial charge in [-0.1, -0.05) is 18.5 Å². The van der Waals surface area contributed by atoms with Gasteiger partial charge in [-0.2, -0.15) is 0 Å². The lowest BCUT2D eigenvalue weighted by Crippen LogP contribution is -2.37. The van der Waals surface area contributed by atoms with Crippen LogP contribution in [0.15, 0.2) is 18.3 Å². The van der Waals surface area contributed by atoms with Crippen LogP contribution in [0, 0.1) is 5.92 Å². The molecule has 2 heterocycles. The Morgan fingerprint density at radius 2 is 1.92 bits per heavy atom. The van der Waals surface area contributed by atoms with Crippen molar-refractivity contribution in [2.45, 2.75) is 57.4 Å². The Kier molecular flexibility index (Phi) is 4.17. The van der Waals surface area contributed by atoms with Crippen LogP contribution in [0.3, 0.4) is 0 Å². The molecular weight excluding hydrogens is 322 g/mol. The number of pyridine rings is 2. The van der Waals surface area contributed by atoms with Crippen molar-refractivity contribution in [3.8, 4) is 0 Å². The maximum Gasteiger partial charge on any atom is 0.253 e. The first-order valence-electron chi connectivity index (χ1n) is 8.87. The van der Waals surface area contributed by atoms with Crippen LogP contribution < -0.4 is 5.32 Å². The number of fused-ring (bicyclic) bond motifs is 1. The van der Waals surface area contributed by atoms with Gasteiger partial charge >= 0.3 is 0 Å². The number of nitrogens with one attached hydrogen (secondary N) is 1. The Balaban J connectivity index is 1.53. The Bertz CT molecular complexity index is 780.